The van der Waals surface area contributed by atoms with E-state index >= 15 is 0 Å². The van der Waals surface area contributed by atoms with Crippen molar-refractivity contribution in [1.29, 1.82) is 0 Å². The number of rotatable bonds is 6. The molecule has 0 aromatic heterocycles. The van der Waals surface area contributed by atoms with E-state index in [1.807, 2.05) is 0 Å². The Morgan fingerprint density at radius 2 is 1.89 bits per heavy atom. The molecule has 0 aromatic carbocycles. The summed E-state index contributed by atoms with van der Waals surface area (Å²) in [4.78, 5) is 26.2. The smallest absolute Gasteiger partial charge is 0.233 e. The third-order valence-electron chi connectivity index (χ3n) is 4.53. The molecule has 0 aromatic rings. The zero-order valence-corrected chi connectivity index (χ0v) is 11.7. The van der Waals surface area contributed by atoms with Crippen LogP contribution in [0.2, 0.25) is 0 Å². The van der Waals surface area contributed by atoms with Gasteiger partial charge in [-0.05, 0) is 25.2 Å². The van der Waals surface area contributed by atoms with Crippen LogP contribution in [0.25, 0.3) is 0 Å². The van der Waals surface area contributed by atoms with Gasteiger partial charge in [-0.3, -0.25) is 14.5 Å². The molecule has 108 valence electrons. The van der Waals surface area contributed by atoms with Crippen LogP contribution >= 0.6 is 0 Å². The normalized spacial score (nSPS) is 31.9. The number of methoxy groups -OCH3 is 1. The lowest BCUT2D eigenvalue weighted by Crippen LogP contribution is -2.44. The lowest BCUT2D eigenvalue weighted by Gasteiger charge is -2.26. The van der Waals surface area contributed by atoms with Crippen molar-refractivity contribution in [2.24, 2.45) is 17.8 Å². The third-order valence-corrected chi connectivity index (χ3v) is 4.53. The summed E-state index contributed by atoms with van der Waals surface area (Å²) >= 11 is 0. The number of fused-ring (bicyclic) bond motifs is 1. The number of aliphatic hydroxyl groups excluding tert-OH is 1. The van der Waals surface area contributed by atoms with E-state index in [9.17, 15) is 9.59 Å². The maximum Gasteiger partial charge on any atom is 0.233 e. The summed E-state index contributed by atoms with van der Waals surface area (Å²) in [5.41, 5.74) is 0. The van der Waals surface area contributed by atoms with Gasteiger partial charge in [-0.2, -0.15) is 0 Å². The van der Waals surface area contributed by atoms with Crippen molar-refractivity contribution in [2.45, 2.75) is 38.6 Å². The standard InChI is InChI=1S/C14H23NO4/c1-3-9-6-11-12(7-9)14(18)15(13(11)17)10(4-5-16)8-19-2/h9-12,16H,3-8H2,1-2H3. The van der Waals surface area contributed by atoms with E-state index in [2.05, 4.69) is 6.92 Å². The maximum atomic E-state index is 12.4. The summed E-state index contributed by atoms with van der Waals surface area (Å²) in [5.74, 6) is 0.137. The molecule has 2 fully saturated rings. The van der Waals surface area contributed by atoms with Gasteiger partial charge in [0.25, 0.3) is 0 Å². The molecule has 5 heteroatoms. The molecular formula is C14H23NO4. The molecule has 0 radical (unpaired) electrons. The number of carbonyl (C=O) groups is 2. The first-order chi connectivity index (χ1) is 9.13. The molecular weight excluding hydrogens is 246 g/mol. The van der Waals surface area contributed by atoms with Crippen molar-refractivity contribution in [3.8, 4) is 0 Å². The van der Waals surface area contributed by atoms with E-state index in [-0.39, 0.29) is 36.3 Å². The molecule has 1 N–H and O–H groups in total. The number of hydrogen-bond donors (Lipinski definition) is 1. The number of nitrogens with zero attached hydrogens (tertiary/aromatic N) is 1. The summed E-state index contributed by atoms with van der Waals surface area (Å²) in [7, 11) is 1.54. The minimum Gasteiger partial charge on any atom is -0.396 e. The van der Waals surface area contributed by atoms with Crippen LogP contribution in [0.3, 0.4) is 0 Å². The molecule has 0 bridgehead atoms. The van der Waals surface area contributed by atoms with E-state index < -0.39 is 0 Å². The van der Waals surface area contributed by atoms with Crippen molar-refractivity contribution in [1.82, 2.24) is 4.90 Å². The fourth-order valence-electron chi connectivity index (χ4n) is 3.48. The van der Waals surface area contributed by atoms with Crippen LogP contribution in [0.5, 0.6) is 0 Å². The number of aliphatic hydroxyl groups is 1. The Balaban J connectivity index is 2.12. The van der Waals surface area contributed by atoms with Gasteiger partial charge in [-0.15, -0.1) is 0 Å². The number of imide groups is 1. The van der Waals surface area contributed by atoms with Crippen LogP contribution in [0.1, 0.15) is 32.6 Å². The van der Waals surface area contributed by atoms with Crippen LogP contribution in [0.15, 0.2) is 0 Å². The zero-order valence-electron chi connectivity index (χ0n) is 11.7. The van der Waals surface area contributed by atoms with Gasteiger partial charge >= 0.3 is 0 Å². The topological polar surface area (TPSA) is 66.8 Å². The zero-order chi connectivity index (χ0) is 14.0. The summed E-state index contributed by atoms with van der Waals surface area (Å²) in [5, 5.41) is 9.07. The second kappa shape index (κ2) is 6.01. The first-order valence-electron chi connectivity index (χ1n) is 7.10. The van der Waals surface area contributed by atoms with Crippen molar-refractivity contribution in [3.63, 3.8) is 0 Å². The Labute approximate surface area is 113 Å². The van der Waals surface area contributed by atoms with Gasteiger partial charge in [0.1, 0.15) is 0 Å². The van der Waals surface area contributed by atoms with Crippen molar-refractivity contribution < 1.29 is 19.4 Å². The lowest BCUT2D eigenvalue weighted by molar-refractivity contribution is -0.145. The lowest BCUT2D eigenvalue weighted by atomic mass is 10.00. The highest BCUT2D eigenvalue weighted by Gasteiger charge is 2.53. The average Bonchev–Trinajstić information content (AvgIpc) is 2.91. The molecule has 2 rings (SSSR count). The van der Waals surface area contributed by atoms with Crippen LogP contribution in [0.4, 0.5) is 0 Å². The molecule has 3 atom stereocenters. The van der Waals surface area contributed by atoms with Gasteiger partial charge in [0.05, 0.1) is 24.5 Å². The van der Waals surface area contributed by atoms with Gasteiger partial charge in [0, 0.05) is 13.7 Å². The molecule has 0 spiro atoms. The molecule has 1 aliphatic heterocycles. The fourth-order valence-corrected chi connectivity index (χ4v) is 3.48. The molecule has 2 amide bonds. The predicted octanol–water partition coefficient (Wildman–Crippen LogP) is 0.805. The van der Waals surface area contributed by atoms with Gasteiger partial charge in [-0.25, -0.2) is 0 Å². The first-order valence-corrected chi connectivity index (χ1v) is 7.10. The Morgan fingerprint density at radius 3 is 2.32 bits per heavy atom. The highest BCUT2D eigenvalue weighted by atomic mass is 16.5. The minimum atomic E-state index is -0.319. The SMILES string of the molecule is CCC1CC2C(=O)N(C(CCO)COC)C(=O)C2C1. The molecule has 2 aliphatic rings. The summed E-state index contributed by atoms with van der Waals surface area (Å²) < 4.78 is 5.07. The summed E-state index contributed by atoms with van der Waals surface area (Å²) in [6, 6.07) is -0.319. The number of carbonyl (C=O) groups excluding carboxylic acids is 2. The van der Waals surface area contributed by atoms with Gasteiger partial charge in [0.2, 0.25) is 11.8 Å². The van der Waals surface area contributed by atoms with E-state index in [0.29, 0.717) is 18.9 Å². The Morgan fingerprint density at radius 1 is 1.32 bits per heavy atom. The van der Waals surface area contributed by atoms with Gasteiger partial charge in [-0.1, -0.05) is 13.3 Å². The second-order valence-electron chi connectivity index (χ2n) is 5.63. The second-order valence-corrected chi connectivity index (χ2v) is 5.63. The first kappa shape index (κ1) is 14.5. The van der Waals surface area contributed by atoms with E-state index in [1.54, 1.807) is 7.11 Å². The Bertz CT molecular complexity index is 327. The Hall–Kier alpha value is -0.940. The van der Waals surface area contributed by atoms with E-state index in [4.69, 9.17) is 9.84 Å². The van der Waals surface area contributed by atoms with Crippen LogP contribution in [-0.2, 0) is 14.3 Å². The quantitative estimate of drug-likeness (QED) is 0.724. The van der Waals surface area contributed by atoms with Crippen molar-refractivity contribution in [2.75, 3.05) is 20.3 Å². The van der Waals surface area contributed by atoms with Crippen LogP contribution in [0, 0.1) is 17.8 Å². The summed E-state index contributed by atoms with van der Waals surface area (Å²) in [6.45, 7) is 2.37. The van der Waals surface area contributed by atoms with Gasteiger partial charge < -0.3 is 9.84 Å². The average molecular weight is 269 g/mol. The third kappa shape index (κ3) is 2.54. The Kier molecular flexibility index (Phi) is 4.58. The molecule has 1 saturated carbocycles. The fraction of sp³-hybridized carbons (Fsp3) is 0.857. The minimum absolute atomic E-state index is 0.0436. The van der Waals surface area contributed by atoms with E-state index in [1.165, 1.54) is 4.90 Å². The number of hydrogen-bond acceptors (Lipinski definition) is 4. The highest BCUT2D eigenvalue weighted by molar-refractivity contribution is 6.05. The van der Waals surface area contributed by atoms with Crippen molar-refractivity contribution in [3.05, 3.63) is 0 Å². The molecule has 3 unspecified atom stereocenters. The number of amides is 2. The predicted molar refractivity (Wildman–Crippen MR) is 69.2 cm³/mol. The van der Waals surface area contributed by atoms with Crippen LogP contribution in [-0.4, -0.2) is 48.2 Å². The largest absolute Gasteiger partial charge is 0.396 e. The number of ether oxygens (including phenoxy) is 1. The summed E-state index contributed by atoms with van der Waals surface area (Å²) in [6.07, 6.45) is 3.09. The molecule has 1 saturated heterocycles. The molecule has 1 heterocycles. The van der Waals surface area contributed by atoms with Crippen LogP contribution < -0.4 is 0 Å². The monoisotopic (exact) mass is 269 g/mol. The van der Waals surface area contributed by atoms with Gasteiger partial charge in [0.15, 0.2) is 0 Å². The molecule has 5 nitrogen and oxygen atoms in total. The number of likely N-dealkylation sites (tertiary alicyclic amines) is 1. The highest BCUT2D eigenvalue weighted by Crippen LogP contribution is 2.45. The molecule has 19 heavy (non-hydrogen) atoms. The maximum absolute atomic E-state index is 12.4. The molecule has 1 aliphatic carbocycles. The van der Waals surface area contributed by atoms with Crippen molar-refractivity contribution >= 4 is 11.8 Å². The van der Waals surface area contributed by atoms with E-state index in [0.717, 1.165) is 19.3 Å².